The monoisotopic (exact) mass is 242 g/mol. The second-order valence-corrected chi connectivity index (χ2v) is 5.86. The molecule has 4 heteroatoms. The molecule has 0 bridgehead atoms. The van der Waals surface area contributed by atoms with Crippen LogP contribution >= 0.6 is 12.2 Å². The van der Waals surface area contributed by atoms with Gasteiger partial charge in [0.25, 0.3) is 0 Å². The van der Waals surface area contributed by atoms with E-state index < -0.39 is 0 Å². The van der Waals surface area contributed by atoms with E-state index in [1.165, 1.54) is 32.2 Å². The summed E-state index contributed by atoms with van der Waals surface area (Å²) in [5.74, 6) is 0. The third-order valence-corrected chi connectivity index (χ3v) is 3.84. The van der Waals surface area contributed by atoms with E-state index in [9.17, 15) is 0 Å². The van der Waals surface area contributed by atoms with Crippen molar-refractivity contribution >= 4 is 17.2 Å². The van der Waals surface area contributed by atoms with Crippen molar-refractivity contribution in [1.29, 1.82) is 0 Å². The molecule has 2 aliphatic carbocycles. The Bertz CT molecular complexity index is 262. The highest BCUT2D eigenvalue weighted by Crippen LogP contribution is 2.50. The van der Waals surface area contributed by atoms with Crippen molar-refractivity contribution in [1.82, 2.24) is 4.90 Å². The Hall–Kier alpha value is -0.190. The predicted molar refractivity (Wildman–Crippen MR) is 69.5 cm³/mol. The summed E-state index contributed by atoms with van der Waals surface area (Å²) in [5.41, 5.74) is 6.09. The second-order valence-electron chi connectivity index (χ2n) is 5.34. The smallest absolute Gasteiger partial charge is 0.0733 e. The normalized spacial score (nSPS) is 22.4. The van der Waals surface area contributed by atoms with Crippen LogP contribution in [0.4, 0.5) is 0 Å². The summed E-state index contributed by atoms with van der Waals surface area (Å²) in [5, 5.41) is 0. The Morgan fingerprint density at radius 3 is 2.62 bits per heavy atom. The highest BCUT2D eigenvalue weighted by molar-refractivity contribution is 7.80. The molecule has 2 fully saturated rings. The molecule has 2 aliphatic rings. The van der Waals surface area contributed by atoms with Gasteiger partial charge in [0.15, 0.2) is 0 Å². The van der Waals surface area contributed by atoms with Crippen LogP contribution in [0.2, 0.25) is 0 Å². The molecule has 0 aromatic heterocycles. The fourth-order valence-corrected chi connectivity index (χ4v) is 2.71. The van der Waals surface area contributed by atoms with E-state index in [1.807, 2.05) is 0 Å². The first kappa shape index (κ1) is 12.3. The number of thiocarbonyl (C=S) groups is 1. The second kappa shape index (κ2) is 4.98. The maximum Gasteiger partial charge on any atom is 0.0733 e. The van der Waals surface area contributed by atoms with E-state index in [4.69, 9.17) is 22.7 Å². The van der Waals surface area contributed by atoms with Crippen molar-refractivity contribution in [3.63, 3.8) is 0 Å². The maximum absolute atomic E-state index is 5.67. The Kier molecular flexibility index (Phi) is 3.82. The van der Waals surface area contributed by atoms with Crippen molar-refractivity contribution < 1.29 is 4.74 Å². The van der Waals surface area contributed by atoms with Crippen molar-refractivity contribution in [2.75, 3.05) is 26.8 Å². The minimum Gasteiger partial charge on any atom is -0.393 e. The molecule has 2 N–H and O–H groups in total. The van der Waals surface area contributed by atoms with Gasteiger partial charge < -0.3 is 10.5 Å². The van der Waals surface area contributed by atoms with Gasteiger partial charge in [0.2, 0.25) is 0 Å². The minimum absolute atomic E-state index is 0.419. The van der Waals surface area contributed by atoms with E-state index in [-0.39, 0.29) is 0 Å². The first-order valence-electron chi connectivity index (χ1n) is 6.16. The minimum atomic E-state index is 0.419. The van der Waals surface area contributed by atoms with Crippen LogP contribution in [0, 0.1) is 5.41 Å². The highest BCUT2D eigenvalue weighted by atomic mass is 32.1. The van der Waals surface area contributed by atoms with Gasteiger partial charge in [0, 0.05) is 32.7 Å². The van der Waals surface area contributed by atoms with Gasteiger partial charge in [-0.15, -0.1) is 0 Å². The van der Waals surface area contributed by atoms with E-state index in [0.29, 0.717) is 10.4 Å². The molecule has 3 nitrogen and oxygen atoms in total. The van der Waals surface area contributed by atoms with E-state index in [0.717, 1.165) is 25.6 Å². The van der Waals surface area contributed by atoms with Crippen molar-refractivity contribution in [2.24, 2.45) is 11.1 Å². The highest BCUT2D eigenvalue weighted by Gasteiger charge is 2.46. The van der Waals surface area contributed by atoms with Crippen LogP contribution in [-0.2, 0) is 4.74 Å². The molecule has 0 atom stereocenters. The number of rotatable bonds is 8. The van der Waals surface area contributed by atoms with Crippen LogP contribution in [0.15, 0.2) is 0 Å². The zero-order chi connectivity index (χ0) is 11.6. The van der Waals surface area contributed by atoms with Crippen molar-refractivity contribution in [3.8, 4) is 0 Å². The molecule has 92 valence electrons. The summed E-state index contributed by atoms with van der Waals surface area (Å²) >= 11 is 5.04. The summed E-state index contributed by atoms with van der Waals surface area (Å²) in [6.45, 7) is 3.05. The van der Waals surface area contributed by atoms with Crippen LogP contribution in [-0.4, -0.2) is 42.7 Å². The van der Waals surface area contributed by atoms with E-state index in [1.54, 1.807) is 7.11 Å². The van der Waals surface area contributed by atoms with Crippen LogP contribution in [0.3, 0.4) is 0 Å². The van der Waals surface area contributed by atoms with Crippen LogP contribution < -0.4 is 5.73 Å². The lowest BCUT2D eigenvalue weighted by Crippen LogP contribution is -2.36. The van der Waals surface area contributed by atoms with Gasteiger partial charge in [-0.05, 0) is 31.1 Å². The van der Waals surface area contributed by atoms with Gasteiger partial charge in [-0.2, -0.15) is 0 Å². The Morgan fingerprint density at radius 1 is 1.50 bits per heavy atom. The third kappa shape index (κ3) is 3.40. The third-order valence-electron chi connectivity index (χ3n) is 3.69. The Labute approximate surface area is 103 Å². The predicted octanol–water partition coefficient (Wildman–Crippen LogP) is 1.55. The molecule has 0 spiro atoms. The van der Waals surface area contributed by atoms with Gasteiger partial charge in [0.1, 0.15) is 0 Å². The first-order valence-corrected chi connectivity index (χ1v) is 6.57. The largest absolute Gasteiger partial charge is 0.393 e. The molecule has 0 aromatic carbocycles. The number of hydrogen-bond donors (Lipinski definition) is 1. The lowest BCUT2D eigenvalue weighted by Gasteiger charge is -2.27. The van der Waals surface area contributed by atoms with Crippen LogP contribution in [0.1, 0.15) is 32.1 Å². The summed E-state index contributed by atoms with van der Waals surface area (Å²) in [7, 11) is 1.77. The van der Waals surface area contributed by atoms with Crippen molar-refractivity contribution in [3.05, 3.63) is 0 Å². The van der Waals surface area contributed by atoms with Gasteiger partial charge in [0.05, 0.1) is 11.6 Å². The zero-order valence-electron chi connectivity index (χ0n) is 10.1. The molecule has 0 saturated heterocycles. The lowest BCUT2D eigenvalue weighted by atomic mass is 10.0. The summed E-state index contributed by atoms with van der Waals surface area (Å²) in [6, 6.07) is 0.805. The molecule has 0 unspecified atom stereocenters. The van der Waals surface area contributed by atoms with Gasteiger partial charge in [-0.1, -0.05) is 12.2 Å². The summed E-state index contributed by atoms with van der Waals surface area (Å²) in [4.78, 5) is 3.26. The molecule has 2 saturated carbocycles. The molecular formula is C12H22N2OS. The first-order chi connectivity index (χ1) is 7.65. The van der Waals surface area contributed by atoms with Gasteiger partial charge in [-0.25, -0.2) is 0 Å². The summed E-state index contributed by atoms with van der Waals surface area (Å²) < 4.78 is 5.17. The zero-order valence-corrected chi connectivity index (χ0v) is 10.9. The standard InChI is InChI=1S/C12H22N2OS/c1-15-7-6-14(10-2-3-10)9-12(4-5-12)8-11(13)16/h10H,2-9H2,1H3,(H2,13,16). The molecule has 2 rings (SSSR count). The number of methoxy groups -OCH3 is 1. The molecule has 0 aliphatic heterocycles. The quantitative estimate of drug-likeness (QED) is 0.656. The van der Waals surface area contributed by atoms with Crippen LogP contribution in [0.25, 0.3) is 0 Å². The fourth-order valence-electron chi connectivity index (χ4n) is 2.41. The summed E-state index contributed by atoms with van der Waals surface area (Å²) in [6.07, 6.45) is 6.22. The Balaban J connectivity index is 1.82. The molecular weight excluding hydrogens is 220 g/mol. The fraction of sp³-hybridized carbons (Fsp3) is 0.917. The number of hydrogen-bond acceptors (Lipinski definition) is 3. The van der Waals surface area contributed by atoms with E-state index >= 15 is 0 Å². The average molecular weight is 242 g/mol. The molecule has 0 amide bonds. The number of ether oxygens (including phenoxy) is 1. The molecule has 16 heavy (non-hydrogen) atoms. The Morgan fingerprint density at radius 2 is 2.19 bits per heavy atom. The number of nitrogens with zero attached hydrogens (tertiary/aromatic N) is 1. The van der Waals surface area contributed by atoms with Crippen LogP contribution in [0.5, 0.6) is 0 Å². The van der Waals surface area contributed by atoms with E-state index in [2.05, 4.69) is 4.90 Å². The maximum atomic E-state index is 5.67. The van der Waals surface area contributed by atoms with Gasteiger partial charge in [-0.3, -0.25) is 4.90 Å². The molecule has 0 radical (unpaired) electrons. The van der Waals surface area contributed by atoms with Crippen molar-refractivity contribution in [2.45, 2.75) is 38.1 Å². The topological polar surface area (TPSA) is 38.5 Å². The molecule has 0 aromatic rings. The average Bonchev–Trinajstić information content (AvgIpc) is 3.05. The SMILES string of the molecule is COCCN(CC1(CC(N)=S)CC1)C1CC1. The number of nitrogens with two attached hydrogens (primary N) is 1. The molecule has 0 heterocycles. The lowest BCUT2D eigenvalue weighted by molar-refractivity contribution is 0.129. The van der Waals surface area contributed by atoms with Gasteiger partial charge >= 0.3 is 0 Å².